The lowest BCUT2D eigenvalue weighted by Gasteiger charge is -2.25. The van der Waals surface area contributed by atoms with Crippen LogP contribution in [-0.4, -0.2) is 25.7 Å². The number of nitrogens with one attached hydrogen (secondary N) is 2. The predicted molar refractivity (Wildman–Crippen MR) is 96.4 cm³/mol. The van der Waals surface area contributed by atoms with Gasteiger partial charge in [-0.05, 0) is 47.9 Å². The number of aromatic nitrogens is 1. The van der Waals surface area contributed by atoms with Gasteiger partial charge in [0, 0.05) is 28.2 Å². The van der Waals surface area contributed by atoms with Gasteiger partial charge in [-0.15, -0.1) is 0 Å². The topological polar surface area (TPSA) is 46.3 Å². The Morgan fingerprint density at radius 2 is 1.79 bits per heavy atom. The first-order chi connectivity index (χ1) is 11.7. The highest BCUT2D eigenvalue weighted by Crippen LogP contribution is 2.37. The van der Waals surface area contributed by atoms with Crippen molar-refractivity contribution in [3.05, 3.63) is 58.2 Å². The summed E-state index contributed by atoms with van der Waals surface area (Å²) in [6, 6.07) is 12.0. The second-order valence-corrected chi connectivity index (χ2v) is 6.36. The Labute approximate surface area is 145 Å². The second-order valence-electron chi connectivity index (χ2n) is 5.95. The Bertz CT molecular complexity index is 904. The summed E-state index contributed by atoms with van der Waals surface area (Å²) in [6.07, 6.45) is 0.979. The summed E-state index contributed by atoms with van der Waals surface area (Å²) in [4.78, 5) is 3.56. The van der Waals surface area contributed by atoms with Crippen molar-refractivity contribution in [2.45, 2.75) is 12.5 Å². The maximum atomic E-state index is 6.50. The number of ether oxygens (including phenoxy) is 2. The molecule has 1 aromatic heterocycles. The Morgan fingerprint density at radius 1 is 1.04 bits per heavy atom. The van der Waals surface area contributed by atoms with E-state index in [1.165, 1.54) is 16.6 Å². The van der Waals surface area contributed by atoms with Crippen LogP contribution in [0.25, 0.3) is 10.9 Å². The van der Waals surface area contributed by atoms with E-state index in [1.54, 1.807) is 14.2 Å². The monoisotopic (exact) mass is 342 g/mol. The number of rotatable bonds is 3. The SMILES string of the molecule is COc1ccc(C2NCCc3c2[nH]c2ccc(OC)cc32)c(Cl)c1. The van der Waals surface area contributed by atoms with E-state index in [-0.39, 0.29) is 6.04 Å². The molecule has 1 atom stereocenters. The van der Waals surface area contributed by atoms with Gasteiger partial charge in [-0.25, -0.2) is 0 Å². The van der Waals surface area contributed by atoms with Crippen LogP contribution in [0.15, 0.2) is 36.4 Å². The Hall–Kier alpha value is -2.17. The highest BCUT2D eigenvalue weighted by atomic mass is 35.5. The number of fused-ring (bicyclic) bond motifs is 3. The largest absolute Gasteiger partial charge is 0.497 e. The summed E-state index contributed by atoms with van der Waals surface area (Å²) in [6.45, 7) is 0.907. The van der Waals surface area contributed by atoms with Crippen molar-refractivity contribution in [3.8, 4) is 11.5 Å². The van der Waals surface area contributed by atoms with E-state index in [9.17, 15) is 0 Å². The van der Waals surface area contributed by atoms with Gasteiger partial charge in [0.05, 0.1) is 20.3 Å². The fraction of sp³-hybridized carbons (Fsp3) is 0.263. The molecule has 2 aromatic carbocycles. The van der Waals surface area contributed by atoms with Gasteiger partial charge >= 0.3 is 0 Å². The normalized spacial score (nSPS) is 16.9. The van der Waals surface area contributed by atoms with Crippen LogP contribution in [0.4, 0.5) is 0 Å². The molecule has 1 aliphatic heterocycles. The van der Waals surface area contributed by atoms with Crippen molar-refractivity contribution in [3.63, 3.8) is 0 Å². The van der Waals surface area contributed by atoms with E-state index in [2.05, 4.69) is 22.4 Å². The zero-order chi connectivity index (χ0) is 16.7. The lowest BCUT2D eigenvalue weighted by Crippen LogP contribution is -2.30. The van der Waals surface area contributed by atoms with Gasteiger partial charge in [0.25, 0.3) is 0 Å². The Balaban J connectivity index is 1.84. The first-order valence-electron chi connectivity index (χ1n) is 7.96. The molecule has 124 valence electrons. The average molecular weight is 343 g/mol. The molecule has 24 heavy (non-hydrogen) atoms. The first-order valence-corrected chi connectivity index (χ1v) is 8.34. The zero-order valence-electron chi connectivity index (χ0n) is 13.7. The first kappa shape index (κ1) is 15.4. The maximum Gasteiger partial charge on any atom is 0.120 e. The van der Waals surface area contributed by atoms with E-state index in [4.69, 9.17) is 21.1 Å². The molecule has 5 heteroatoms. The van der Waals surface area contributed by atoms with Crippen LogP contribution in [-0.2, 0) is 6.42 Å². The standard InChI is InChI=1S/C19H19ClN2O2/c1-23-11-4-6-17-15(9-11)13-7-8-21-18(19(13)22-17)14-5-3-12(24-2)10-16(14)20/h3-6,9-10,18,21-22H,7-8H2,1-2H3. The molecule has 0 spiro atoms. The molecule has 0 radical (unpaired) electrons. The number of halogens is 1. The van der Waals surface area contributed by atoms with Crippen molar-refractivity contribution < 1.29 is 9.47 Å². The summed E-state index contributed by atoms with van der Waals surface area (Å²) in [7, 11) is 3.34. The molecular formula is C19H19ClN2O2. The van der Waals surface area contributed by atoms with Crippen LogP contribution >= 0.6 is 11.6 Å². The summed E-state index contributed by atoms with van der Waals surface area (Å²) >= 11 is 6.50. The van der Waals surface area contributed by atoms with Gasteiger partial charge in [0.2, 0.25) is 0 Å². The Kier molecular flexibility index (Phi) is 3.87. The van der Waals surface area contributed by atoms with Gasteiger partial charge in [-0.1, -0.05) is 17.7 Å². The third-order valence-corrected chi connectivity index (χ3v) is 5.00. The number of benzene rings is 2. The average Bonchev–Trinajstić information content (AvgIpc) is 2.99. The predicted octanol–water partition coefficient (Wildman–Crippen LogP) is 4.07. The molecule has 0 aliphatic carbocycles. The smallest absolute Gasteiger partial charge is 0.120 e. The van der Waals surface area contributed by atoms with E-state index in [0.29, 0.717) is 5.02 Å². The van der Waals surface area contributed by atoms with Gasteiger partial charge in [0.15, 0.2) is 0 Å². The van der Waals surface area contributed by atoms with E-state index >= 15 is 0 Å². The summed E-state index contributed by atoms with van der Waals surface area (Å²) < 4.78 is 10.6. The molecule has 2 N–H and O–H groups in total. The number of hydrogen-bond donors (Lipinski definition) is 2. The minimum atomic E-state index is 0.0468. The summed E-state index contributed by atoms with van der Waals surface area (Å²) in [5, 5.41) is 5.50. The summed E-state index contributed by atoms with van der Waals surface area (Å²) in [5.41, 5.74) is 4.69. The minimum absolute atomic E-state index is 0.0468. The van der Waals surface area contributed by atoms with Crippen LogP contribution in [0, 0.1) is 0 Å². The van der Waals surface area contributed by atoms with Crippen LogP contribution in [0.2, 0.25) is 5.02 Å². The molecule has 0 bridgehead atoms. The third kappa shape index (κ3) is 2.43. The molecule has 3 aromatic rings. The zero-order valence-corrected chi connectivity index (χ0v) is 14.4. The van der Waals surface area contributed by atoms with E-state index < -0.39 is 0 Å². The van der Waals surface area contributed by atoms with Crippen LogP contribution in [0.1, 0.15) is 22.9 Å². The molecule has 2 heterocycles. The van der Waals surface area contributed by atoms with Crippen molar-refractivity contribution in [1.29, 1.82) is 0 Å². The fourth-order valence-electron chi connectivity index (χ4n) is 3.47. The molecule has 1 unspecified atom stereocenters. The molecular weight excluding hydrogens is 324 g/mol. The van der Waals surface area contributed by atoms with Crippen LogP contribution in [0.5, 0.6) is 11.5 Å². The van der Waals surface area contributed by atoms with E-state index in [1.807, 2.05) is 24.3 Å². The van der Waals surface area contributed by atoms with Gasteiger partial charge in [-0.3, -0.25) is 0 Å². The van der Waals surface area contributed by atoms with Crippen LogP contribution < -0.4 is 14.8 Å². The lowest BCUT2D eigenvalue weighted by atomic mass is 9.94. The van der Waals surface area contributed by atoms with Gasteiger partial charge in [0.1, 0.15) is 11.5 Å². The molecule has 4 rings (SSSR count). The van der Waals surface area contributed by atoms with Crippen LogP contribution in [0.3, 0.4) is 0 Å². The molecule has 0 amide bonds. The highest BCUT2D eigenvalue weighted by Gasteiger charge is 2.27. The molecule has 0 saturated carbocycles. The molecule has 1 aliphatic rings. The number of methoxy groups -OCH3 is 2. The van der Waals surface area contributed by atoms with Crippen molar-refractivity contribution >= 4 is 22.5 Å². The molecule has 0 saturated heterocycles. The molecule has 4 nitrogen and oxygen atoms in total. The van der Waals surface area contributed by atoms with Crippen molar-refractivity contribution in [1.82, 2.24) is 10.3 Å². The second kappa shape index (κ2) is 6.04. The van der Waals surface area contributed by atoms with E-state index in [0.717, 1.165) is 35.5 Å². The summed E-state index contributed by atoms with van der Waals surface area (Å²) in [5.74, 6) is 1.64. The third-order valence-electron chi connectivity index (χ3n) is 4.68. The lowest BCUT2D eigenvalue weighted by molar-refractivity contribution is 0.414. The molecule has 0 fully saturated rings. The van der Waals surface area contributed by atoms with Crippen molar-refractivity contribution in [2.75, 3.05) is 20.8 Å². The fourth-order valence-corrected chi connectivity index (χ4v) is 3.75. The van der Waals surface area contributed by atoms with Gasteiger partial charge < -0.3 is 19.8 Å². The number of aromatic amines is 1. The van der Waals surface area contributed by atoms with Gasteiger partial charge in [-0.2, -0.15) is 0 Å². The number of hydrogen-bond acceptors (Lipinski definition) is 3. The minimum Gasteiger partial charge on any atom is -0.497 e. The quantitative estimate of drug-likeness (QED) is 0.754. The Morgan fingerprint density at radius 3 is 2.54 bits per heavy atom. The number of H-pyrrole nitrogens is 1. The van der Waals surface area contributed by atoms with Crippen molar-refractivity contribution in [2.24, 2.45) is 0 Å². The highest BCUT2D eigenvalue weighted by molar-refractivity contribution is 6.31. The maximum absolute atomic E-state index is 6.50.